The number of nitro groups is 1. The van der Waals surface area contributed by atoms with E-state index in [1.54, 1.807) is 12.1 Å². The molecular weight excluding hydrogens is 264 g/mol. The molecule has 0 amide bonds. The second-order valence-electron chi connectivity index (χ2n) is 6.66. The highest BCUT2D eigenvalue weighted by Gasteiger charge is 2.34. The number of nitro benzene ring substituents is 1. The Hall–Kier alpha value is -1.42. The predicted octanol–water partition coefficient (Wildman–Crippen LogP) is 3.96. The Morgan fingerprint density at radius 1 is 1.24 bits per heavy atom. The predicted molar refractivity (Wildman–Crippen MR) is 83.1 cm³/mol. The number of rotatable bonds is 5. The van der Waals surface area contributed by atoms with Crippen molar-refractivity contribution >= 4 is 5.69 Å². The van der Waals surface area contributed by atoms with Crippen LogP contribution >= 0.6 is 0 Å². The molecule has 4 heteroatoms. The van der Waals surface area contributed by atoms with Gasteiger partial charge in [0.25, 0.3) is 5.69 Å². The van der Waals surface area contributed by atoms with Crippen molar-refractivity contribution in [3.8, 4) is 0 Å². The zero-order valence-electron chi connectivity index (χ0n) is 12.7. The summed E-state index contributed by atoms with van der Waals surface area (Å²) < 4.78 is 0. The van der Waals surface area contributed by atoms with Crippen LogP contribution in [0.3, 0.4) is 0 Å². The van der Waals surface area contributed by atoms with Crippen LogP contribution in [0.4, 0.5) is 5.69 Å². The molecule has 2 aliphatic carbocycles. The summed E-state index contributed by atoms with van der Waals surface area (Å²) in [6.07, 6.45) is 8.13. The van der Waals surface area contributed by atoms with Crippen LogP contribution in [-0.2, 0) is 6.54 Å². The average Bonchev–Trinajstić information content (AvgIpc) is 3.31. The molecule has 0 aliphatic heterocycles. The first-order chi connectivity index (χ1) is 10.1. The van der Waals surface area contributed by atoms with Gasteiger partial charge in [-0.2, -0.15) is 0 Å². The Bertz CT molecular complexity index is 526. The highest BCUT2D eigenvalue weighted by atomic mass is 16.6. The molecule has 1 aromatic carbocycles. The number of nitrogens with one attached hydrogen (secondary N) is 1. The quantitative estimate of drug-likeness (QED) is 0.659. The minimum absolute atomic E-state index is 0.230. The molecule has 1 N–H and O–H groups in total. The Morgan fingerprint density at radius 2 is 2.05 bits per heavy atom. The van der Waals surface area contributed by atoms with Gasteiger partial charge in [0.15, 0.2) is 0 Å². The number of nitrogens with zero attached hydrogens (tertiary/aromatic N) is 1. The van der Waals surface area contributed by atoms with Gasteiger partial charge in [-0.1, -0.05) is 25.0 Å². The molecule has 2 saturated carbocycles. The van der Waals surface area contributed by atoms with Gasteiger partial charge < -0.3 is 5.32 Å². The number of benzene rings is 1. The fraction of sp³-hybridized carbons (Fsp3) is 0.647. The zero-order chi connectivity index (χ0) is 14.8. The highest BCUT2D eigenvalue weighted by molar-refractivity contribution is 5.44. The molecule has 2 unspecified atom stereocenters. The lowest BCUT2D eigenvalue weighted by atomic mass is 9.82. The van der Waals surface area contributed by atoms with Gasteiger partial charge in [-0.15, -0.1) is 0 Å². The summed E-state index contributed by atoms with van der Waals surface area (Å²) in [4.78, 5) is 10.7. The van der Waals surface area contributed by atoms with Crippen molar-refractivity contribution < 1.29 is 4.92 Å². The summed E-state index contributed by atoms with van der Waals surface area (Å²) in [5.74, 6) is 1.91. The second-order valence-corrected chi connectivity index (χ2v) is 6.66. The van der Waals surface area contributed by atoms with Gasteiger partial charge in [-0.25, -0.2) is 0 Å². The summed E-state index contributed by atoms with van der Waals surface area (Å²) >= 11 is 0. The molecule has 114 valence electrons. The van der Waals surface area contributed by atoms with E-state index in [9.17, 15) is 10.1 Å². The smallest absolute Gasteiger partial charge is 0.272 e. The van der Waals surface area contributed by atoms with Gasteiger partial charge in [-0.05, 0) is 50.0 Å². The summed E-state index contributed by atoms with van der Waals surface area (Å²) in [6, 6.07) is 5.96. The van der Waals surface area contributed by atoms with Crippen LogP contribution in [0.2, 0.25) is 0 Å². The molecule has 0 bridgehead atoms. The van der Waals surface area contributed by atoms with E-state index in [-0.39, 0.29) is 10.6 Å². The van der Waals surface area contributed by atoms with Crippen LogP contribution in [-0.4, -0.2) is 11.0 Å². The van der Waals surface area contributed by atoms with Crippen LogP contribution in [0.25, 0.3) is 0 Å². The van der Waals surface area contributed by atoms with E-state index in [4.69, 9.17) is 0 Å². The van der Waals surface area contributed by atoms with Gasteiger partial charge in [0.2, 0.25) is 0 Å². The van der Waals surface area contributed by atoms with E-state index in [1.807, 2.05) is 13.0 Å². The monoisotopic (exact) mass is 288 g/mol. The van der Waals surface area contributed by atoms with Crippen LogP contribution in [0.15, 0.2) is 18.2 Å². The summed E-state index contributed by atoms with van der Waals surface area (Å²) in [7, 11) is 0. The van der Waals surface area contributed by atoms with E-state index in [0.717, 1.165) is 29.5 Å². The van der Waals surface area contributed by atoms with Crippen LogP contribution in [0.1, 0.15) is 49.7 Å². The van der Waals surface area contributed by atoms with E-state index >= 15 is 0 Å². The molecular formula is C17H24N2O2. The molecule has 3 rings (SSSR count). The molecule has 21 heavy (non-hydrogen) atoms. The second kappa shape index (κ2) is 6.14. The lowest BCUT2D eigenvalue weighted by molar-refractivity contribution is -0.385. The van der Waals surface area contributed by atoms with Crippen molar-refractivity contribution in [1.29, 1.82) is 0 Å². The topological polar surface area (TPSA) is 55.2 Å². The molecule has 0 saturated heterocycles. The minimum Gasteiger partial charge on any atom is -0.310 e. The summed E-state index contributed by atoms with van der Waals surface area (Å²) in [6.45, 7) is 2.60. The standard InChI is InChI=1S/C17H24N2O2/c1-12-15(5-3-7-17(12)19(20)21)11-18-16-6-2-4-14(10-16)13-8-9-13/h3,5,7,13-14,16,18H,2,4,6,8-11H2,1H3. The SMILES string of the molecule is Cc1c(CNC2CCCC(C3CC3)C2)cccc1[N+](=O)[O-]. The van der Waals surface area contributed by atoms with E-state index in [2.05, 4.69) is 5.32 Å². The molecule has 0 spiro atoms. The van der Waals surface area contributed by atoms with Gasteiger partial charge in [0.1, 0.15) is 0 Å². The van der Waals surface area contributed by atoms with Gasteiger partial charge in [-0.3, -0.25) is 10.1 Å². The largest absolute Gasteiger partial charge is 0.310 e. The fourth-order valence-electron chi connectivity index (χ4n) is 3.72. The third-order valence-corrected chi connectivity index (χ3v) is 5.20. The third kappa shape index (κ3) is 3.43. The molecule has 2 aliphatic rings. The number of hydrogen-bond donors (Lipinski definition) is 1. The van der Waals surface area contributed by atoms with Gasteiger partial charge in [0.05, 0.1) is 4.92 Å². The molecule has 2 fully saturated rings. The first kappa shape index (κ1) is 14.5. The number of hydrogen-bond acceptors (Lipinski definition) is 3. The Kier molecular flexibility index (Phi) is 4.24. The van der Waals surface area contributed by atoms with Crippen LogP contribution in [0, 0.1) is 28.9 Å². The summed E-state index contributed by atoms with van der Waals surface area (Å²) in [5.41, 5.74) is 2.08. The average molecular weight is 288 g/mol. The van der Waals surface area contributed by atoms with Crippen LogP contribution < -0.4 is 5.32 Å². The van der Waals surface area contributed by atoms with Crippen LogP contribution in [0.5, 0.6) is 0 Å². The lowest BCUT2D eigenvalue weighted by Gasteiger charge is -2.30. The zero-order valence-corrected chi connectivity index (χ0v) is 12.7. The first-order valence-corrected chi connectivity index (χ1v) is 8.11. The van der Waals surface area contributed by atoms with Crippen molar-refractivity contribution in [2.75, 3.05) is 0 Å². The van der Waals surface area contributed by atoms with E-state index < -0.39 is 0 Å². The van der Waals surface area contributed by atoms with Crippen molar-refractivity contribution in [3.63, 3.8) is 0 Å². The molecule has 4 nitrogen and oxygen atoms in total. The molecule has 0 heterocycles. The van der Waals surface area contributed by atoms with Crippen molar-refractivity contribution in [1.82, 2.24) is 5.32 Å². The van der Waals surface area contributed by atoms with Crippen molar-refractivity contribution in [2.24, 2.45) is 11.8 Å². The fourth-order valence-corrected chi connectivity index (χ4v) is 3.72. The Labute approximate surface area is 126 Å². The Balaban J connectivity index is 1.59. The summed E-state index contributed by atoms with van der Waals surface area (Å²) in [5, 5.41) is 14.6. The maximum absolute atomic E-state index is 11.0. The first-order valence-electron chi connectivity index (χ1n) is 8.11. The van der Waals surface area contributed by atoms with Crippen molar-refractivity contribution in [3.05, 3.63) is 39.4 Å². The minimum atomic E-state index is -0.289. The third-order valence-electron chi connectivity index (χ3n) is 5.20. The van der Waals surface area contributed by atoms with E-state index in [1.165, 1.54) is 38.5 Å². The highest BCUT2D eigenvalue weighted by Crippen LogP contribution is 2.43. The molecule has 2 atom stereocenters. The molecule has 0 aromatic heterocycles. The lowest BCUT2D eigenvalue weighted by Crippen LogP contribution is -2.34. The Morgan fingerprint density at radius 3 is 2.76 bits per heavy atom. The van der Waals surface area contributed by atoms with Crippen molar-refractivity contribution in [2.45, 2.75) is 58.0 Å². The van der Waals surface area contributed by atoms with Gasteiger partial charge in [0, 0.05) is 24.2 Å². The van der Waals surface area contributed by atoms with Gasteiger partial charge >= 0.3 is 0 Å². The molecule has 0 radical (unpaired) electrons. The maximum Gasteiger partial charge on any atom is 0.272 e. The molecule has 1 aromatic rings. The van der Waals surface area contributed by atoms with E-state index in [0.29, 0.717) is 6.04 Å². The normalized spacial score (nSPS) is 25.8. The maximum atomic E-state index is 11.0.